The maximum Gasteiger partial charge on any atom is 0.416 e. The highest BCUT2D eigenvalue weighted by atomic mass is 19.4. The summed E-state index contributed by atoms with van der Waals surface area (Å²) in [6.45, 7) is 3.57. The van der Waals surface area contributed by atoms with E-state index < -0.39 is 29.3 Å². The molecule has 0 bridgehead atoms. The topological polar surface area (TPSA) is 91.6 Å². The van der Waals surface area contributed by atoms with Gasteiger partial charge in [-0.05, 0) is 91.8 Å². The molecule has 0 radical (unpaired) electrons. The summed E-state index contributed by atoms with van der Waals surface area (Å²) >= 11 is 0. The average Bonchev–Trinajstić information content (AvgIpc) is 3.47. The van der Waals surface area contributed by atoms with Gasteiger partial charge in [0.05, 0.1) is 12.1 Å². The van der Waals surface area contributed by atoms with Gasteiger partial charge in [-0.25, -0.2) is 4.79 Å². The Morgan fingerprint density at radius 3 is 2.52 bits per heavy atom. The van der Waals surface area contributed by atoms with Crippen molar-refractivity contribution in [2.24, 2.45) is 18.9 Å². The Bertz CT molecular complexity index is 1540. The van der Waals surface area contributed by atoms with Crippen LogP contribution in [0.15, 0.2) is 42.7 Å². The van der Waals surface area contributed by atoms with Gasteiger partial charge in [0, 0.05) is 36.3 Å². The van der Waals surface area contributed by atoms with Gasteiger partial charge >= 0.3 is 12.3 Å². The third kappa shape index (κ3) is 4.82. The van der Waals surface area contributed by atoms with E-state index in [1.54, 1.807) is 19.3 Å². The number of rotatable bonds is 7. The predicted octanol–water partition coefficient (Wildman–Crippen LogP) is 6.59. The summed E-state index contributed by atoms with van der Waals surface area (Å²) in [4.78, 5) is 28.4. The van der Waals surface area contributed by atoms with Gasteiger partial charge < -0.3 is 14.6 Å². The number of carbonyl (C=O) groups is 2. The number of carbonyl (C=O) groups excluding carboxylic acids is 1. The van der Waals surface area contributed by atoms with Gasteiger partial charge in [0.15, 0.2) is 0 Å². The molecule has 42 heavy (non-hydrogen) atoms. The van der Waals surface area contributed by atoms with Gasteiger partial charge in [-0.3, -0.25) is 9.69 Å². The van der Waals surface area contributed by atoms with Crippen molar-refractivity contribution in [1.82, 2.24) is 19.7 Å². The highest BCUT2D eigenvalue weighted by molar-refractivity contribution is 6.10. The molecule has 1 N–H and O–H groups in total. The van der Waals surface area contributed by atoms with Crippen molar-refractivity contribution in [2.75, 3.05) is 4.90 Å². The molecule has 3 aliphatic rings. The predicted molar refractivity (Wildman–Crippen MR) is 149 cm³/mol. The molecule has 1 atom stereocenters. The minimum Gasteiger partial charge on any atom is -0.465 e. The van der Waals surface area contributed by atoms with Crippen LogP contribution in [0.25, 0.3) is 0 Å². The van der Waals surface area contributed by atoms with E-state index in [0.29, 0.717) is 30.4 Å². The summed E-state index contributed by atoms with van der Waals surface area (Å²) in [5.74, 6) is 1.17. The van der Waals surface area contributed by atoms with Crippen LogP contribution < -0.4 is 4.90 Å². The SMILES string of the molecule is CC1CC(C(c2cccc(N3Cc4c(cc(CN(C(=O)O)C5(C)CCC5)cc4C(F)(F)F)C3=O)c2)c2nncn2C)C1. The Morgan fingerprint density at radius 2 is 1.95 bits per heavy atom. The van der Waals surface area contributed by atoms with Gasteiger partial charge in [0.25, 0.3) is 5.91 Å². The fourth-order valence-electron chi connectivity index (χ4n) is 6.98. The van der Waals surface area contributed by atoms with E-state index in [1.807, 2.05) is 29.8 Å². The largest absolute Gasteiger partial charge is 0.465 e. The average molecular weight is 582 g/mol. The number of hydrogen-bond donors (Lipinski definition) is 1. The van der Waals surface area contributed by atoms with Crippen LogP contribution in [-0.2, 0) is 26.3 Å². The normalized spacial score (nSPS) is 21.9. The van der Waals surface area contributed by atoms with E-state index in [2.05, 4.69) is 17.1 Å². The van der Waals surface area contributed by atoms with E-state index >= 15 is 0 Å². The number of aromatic nitrogens is 3. The summed E-state index contributed by atoms with van der Waals surface area (Å²) in [5, 5.41) is 18.3. The first-order chi connectivity index (χ1) is 19.9. The first-order valence-electron chi connectivity index (χ1n) is 14.3. The molecule has 2 aromatic carbocycles. The van der Waals surface area contributed by atoms with E-state index in [-0.39, 0.29) is 35.7 Å². The Morgan fingerprint density at radius 1 is 1.21 bits per heavy atom. The lowest BCUT2D eigenvalue weighted by Gasteiger charge is -2.46. The highest BCUT2D eigenvalue weighted by Gasteiger charge is 2.44. The number of aryl methyl sites for hydroxylation is 1. The van der Waals surface area contributed by atoms with Crippen LogP contribution in [0.1, 0.15) is 90.3 Å². The number of hydrogen-bond acceptors (Lipinski definition) is 4. The molecule has 1 unspecified atom stereocenters. The third-order valence-electron chi connectivity index (χ3n) is 9.51. The van der Waals surface area contributed by atoms with E-state index in [1.165, 1.54) is 15.9 Å². The molecule has 2 saturated carbocycles. The van der Waals surface area contributed by atoms with E-state index in [9.17, 15) is 27.9 Å². The molecule has 2 fully saturated rings. The number of halogens is 3. The summed E-state index contributed by atoms with van der Waals surface area (Å²) in [6.07, 6.45) is -0.0222. The van der Waals surface area contributed by atoms with Gasteiger partial charge in [-0.2, -0.15) is 13.2 Å². The maximum absolute atomic E-state index is 14.3. The molecule has 1 aromatic heterocycles. The van der Waals surface area contributed by atoms with Crippen molar-refractivity contribution < 1.29 is 27.9 Å². The molecule has 2 heterocycles. The minimum absolute atomic E-state index is 0.0352. The van der Waals surface area contributed by atoms with Crippen molar-refractivity contribution in [3.8, 4) is 0 Å². The van der Waals surface area contributed by atoms with Crippen molar-refractivity contribution in [1.29, 1.82) is 0 Å². The third-order valence-corrected chi connectivity index (χ3v) is 9.51. The van der Waals surface area contributed by atoms with E-state index in [4.69, 9.17) is 0 Å². The molecule has 8 nitrogen and oxygen atoms in total. The van der Waals surface area contributed by atoms with Crippen molar-refractivity contribution in [2.45, 2.75) is 76.7 Å². The van der Waals surface area contributed by atoms with Gasteiger partial charge in [0.1, 0.15) is 12.2 Å². The van der Waals surface area contributed by atoms with Crippen molar-refractivity contribution in [3.05, 3.63) is 76.4 Å². The second-order valence-corrected chi connectivity index (χ2v) is 12.5. The quantitative estimate of drug-likeness (QED) is 0.340. The van der Waals surface area contributed by atoms with Gasteiger partial charge in [-0.1, -0.05) is 19.1 Å². The monoisotopic (exact) mass is 581 g/mol. The van der Waals surface area contributed by atoms with Crippen LogP contribution in [0.3, 0.4) is 0 Å². The fraction of sp³-hybridized carbons (Fsp3) is 0.484. The first kappa shape index (κ1) is 28.2. The highest BCUT2D eigenvalue weighted by Crippen LogP contribution is 2.47. The smallest absolute Gasteiger partial charge is 0.416 e. The number of carboxylic acid groups (broad SMARTS) is 1. The lowest BCUT2D eigenvalue weighted by Crippen LogP contribution is -2.53. The van der Waals surface area contributed by atoms with Crippen LogP contribution in [0.4, 0.5) is 23.7 Å². The van der Waals surface area contributed by atoms with Crippen molar-refractivity contribution in [3.63, 3.8) is 0 Å². The van der Waals surface area contributed by atoms with Crippen LogP contribution in [0, 0.1) is 11.8 Å². The molecule has 6 rings (SSSR count). The number of amides is 2. The minimum atomic E-state index is -4.70. The summed E-state index contributed by atoms with van der Waals surface area (Å²) in [5.41, 5.74) is -0.0440. The standard InChI is InChI=1S/C31H34F3N5O3/c1-18-10-21(11-18)26(27-36-35-17-37(27)3)20-6-4-7-22(14-20)38-16-24-23(28(38)40)12-19(13-25(24)31(32,33)34)15-39(29(41)42)30(2)8-5-9-30/h4,6-7,12-14,17-18,21,26H,5,8-11,15-16H2,1-3H3,(H,41,42). The zero-order valence-corrected chi connectivity index (χ0v) is 23.9. The second-order valence-electron chi connectivity index (χ2n) is 12.5. The van der Waals surface area contributed by atoms with Gasteiger partial charge in [-0.15, -0.1) is 10.2 Å². The number of nitrogens with zero attached hydrogens (tertiary/aromatic N) is 5. The van der Waals surface area contributed by atoms with Crippen LogP contribution in [-0.4, -0.2) is 42.3 Å². The molecular weight excluding hydrogens is 547 g/mol. The van der Waals surface area contributed by atoms with Crippen molar-refractivity contribution >= 4 is 17.7 Å². The Labute approximate surface area is 242 Å². The molecule has 0 saturated heterocycles. The lowest BCUT2D eigenvalue weighted by atomic mass is 9.67. The molecule has 1 aliphatic heterocycles. The molecular formula is C31H34F3N5O3. The second kappa shape index (κ2) is 10.1. The molecule has 11 heteroatoms. The summed E-state index contributed by atoms with van der Waals surface area (Å²) < 4.78 is 44.9. The molecule has 2 aliphatic carbocycles. The number of fused-ring (bicyclic) bond motifs is 1. The van der Waals surface area contributed by atoms with E-state index in [0.717, 1.165) is 36.7 Å². The molecule has 222 valence electrons. The van der Waals surface area contributed by atoms with Crippen LogP contribution in [0.2, 0.25) is 0 Å². The van der Waals surface area contributed by atoms with Crippen LogP contribution in [0.5, 0.6) is 0 Å². The number of alkyl halides is 3. The Hall–Kier alpha value is -3.89. The lowest BCUT2D eigenvalue weighted by molar-refractivity contribution is -0.138. The maximum atomic E-state index is 14.3. The fourth-order valence-corrected chi connectivity index (χ4v) is 6.98. The molecule has 3 aromatic rings. The zero-order chi connectivity index (χ0) is 30.0. The molecule has 0 spiro atoms. The van der Waals surface area contributed by atoms with Crippen LogP contribution >= 0.6 is 0 Å². The Kier molecular flexibility index (Phi) is 6.81. The Balaban J connectivity index is 1.35. The number of anilines is 1. The summed E-state index contributed by atoms with van der Waals surface area (Å²) in [6, 6.07) is 9.86. The summed E-state index contributed by atoms with van der Waals surface area (Å²) in [7, 11) is 1.89. The van der Waals surface area contributed by atoms with Gasteiger partial charge in [0.2, 0.25) is 0 Å². The zero-order valence-electron chi connectivity index (χ0n) is 23.9. The molecule has 2 amide bonds. The number of benzene rings is 2. The first-order valence-corrected chi connectivity index (χ1v) is 14.3.